The van der Waals surface area contributed by atoms with E-state index in [4.69, 9.17) is 21.6 Å². The molecule has 3 heterocycles. The third-order valence-corrected chi connectivity index (χ3v) is 6.73. The van der Waals surface area contributed by atoms with Crippen LogP contribution in [0.5, 0.6) is 0 Å². The maximum atomic E-state index is 9.62. The van der Waals surface area contributed by atoms with Gasteiger partial charge in [-0.1, -0.05) is 5.92 Å². The SMILES string of the molecule is C#CCO[C@H]1[C@@H]([SH]=P(O)(O)O)[C@@H](CO)O[C@H]1n1cnc2c(N)ncnc21. The molecule has 13 heteroatoms. The summed E-state index contributed by atoms with van der Waals surface area (Å²) in [5, 5.41) is 8.87. The number of ether oxygens (including phenoxy) is 2. The van der Waals surface area contributed by atoms with Gasteiger partial charge in [-0.05, 0) is 0 Å². The van der Waals surface area contributed by atoms with Gasteiger partial charge in [-0.2, -0.15) is 0 Å². The van der Waals surface area contributed by atoms with E-state index in [1.165, 1.54) is 12.7 Å². The summed E-state index contributed by atoms with van der Waals surface area (Å²) in [7, 11) is -0.115. The fourth-order valence-corrected chi connectivity index (χ4v) is 5.74. The summed E-state index contributed by atoms with van der Waals surface area (Å²) in [6, 6.07) is 0. The highest BCUT2D eigenvalue weighted by atomic mass is 32.5. The normalized spacial score (nSPS) is 26.3. The molecule has 1 saturated heterocycles. The van der Waals surface area contributed by atoms with Crippen molar-refractivity contribution in [1.82, 2.24) is 19.5 Å². The lowest BCUT2D eigenvalue weighted by atomic mass is 10.2. The first-order valence-corrected chi connectivity index (χ1v) is 10.7. The van der Waals surface area contributed by atoms with Crippen LogP contribution in [0.25, 0.3) is 11.2 Å². The Bertz CT molecular complexity index is 887. The molecule has 11 nitrogen and oxygen atoms in total. The molecule has 1 aliphatic rings. The lowest BCUT2D eigenvalue weighted by Crippen LogP contribution is -2.35. The zero-order chi connectivity index (χ0) is 18.9. The average Bonchev–Trinajstić information content (AvgIpc) is 3.14. The molecule has 6 N–H and O–H groups in total. The number of imidazole rings is 1. The third-order valence-electron chi connectivity index (χ3n) is 3.80. The van der Waals surface area contributed by atoms with E-state index in [0.717, 1.165) is 0 Å². The summed E-state index contributed by atoms with van der Waals surface area (Å²) in [5.41, 5.74) is 6.53. The van der Waals surface area contributed by atoms with Crippen molar-refractivity contribution in [3.63, 3.8) is 0 Å². The first kappa shape index (κ1) is 19.2. The molecule has 26 heavy (non-hydrogen) atoms. The van der Waals surface area contributed by atoms with Crippen molar-refractivity contribution in [1.29, 1.82) is 0 Å². The molecule has 1 fully saturated rings. The number of nitrogens with two attached hydrogens (primary N) is 1. The van der Waals surface area contributed by atoms with E-state index in [9.17, 15) is 19.8 Å². The van der Waals surface area contributed by atoms with Gasteiger partial charge in [-0.3, -0.25) is 4.57 Å². The van der Waals surface area contributed by atoms with Crippen molar-refractivity contribution in [2.75, 3.05) is 18.9 Å². The molecule has 3 rings (SSSR count). The van der Waals surface area contributed by atoms with Gasteiger partial charge in [0.05, 0.1) is 24.3 Å². The molecule has 1 aliphatic heterocycles. The van der Waals surface area contributed by atoms with E-state index in [1.807, 2.05) is 0 Å². The van der Waals surface area contributed by atoms with Crippen molar-refractivity contribution in [3.05, 3.63) is 12.7 Å². The van der Waals surface area contributed by atoms with E-state index in [-0.39, 0.29) is 23.4 Å². The van der Waals surface area contributed by atoms with Gasteiger partial charge in [0.15, 0.2) is 17.7 Å². The number of hydrogen-bond donors (Lipinski definition) is 6. The highest BCUT2D eigenvalue weighted by molar-refractivity contribution is 8.16. The topological polar surface area (TPSA) is 169 Å². The second-order valence-electron chi connectivity index (χ2n) is 5.45. The second-order valence-corrected chi connectivity index (χ2v) is 9.66. The van der Waals surface area contributed by atoms with Gasteiger partial charge in [-0.25, -0.2) is 15.0 Å². The highest BCUT2D eigenvalue weighted by Crippen LogP contribution is 2.40. The molecule has 0 aromatic carbocycles. The Balaban J connectivity index is 2.06. The van der Waals surface area contributed by atoms with Crippen molar-refractivity contribution < 1.29 is 29.3 Å². The fourth-order valence-electron chi connectivity index (χ4n) is 2.79. The van der Waals surface area contributed by atoms with Gasteiger partial charge in [-0.15, -0.1) is 17.4 Å². The van der Waals surface area contributed by atoms with Crippen LogP contribution >= 0.6 is 6.72 Å². The Labute approximate surface area is 151 Å². The lowest BCUT2D eigenvalue weighted by molar-refractivity contribution is -0.0632. The van der Waals surface area contributed by atoms with E-state index in [0.29, 0.717) is 11.2 Å². The minimum Gasteiger partial charge on any atom is -0.394 e. The van der Waals surface area contributed by atoms with Crippen LogP contribution in [0.15, 0.2) is 12.7 Å². The monoisotopic (exact) mass is 403 g/mol. The van der Waals surface area contributed by atoms with Gasteiger partial charge in [0.25, 0.3) is 6.72 Å². The standard InChI is InChI=1S/C13H18N5O6PS/c1-2-3-23-9-10(26-25(20,21)22)7(4-19)24-13(9)18-6-17-8-11(14)15-5-16-12(8)18/h1,5-7,9-10,13,19-22,26H,3-4H2,(H2,14,15,16)/t7-,9+,10+,13-/m1/s1. The first-order chi connectivity index (χ1) is 12.4. The Kier molecular flexibility index (Phi) is 5.61. The Morgan fingerprint density at radius 2 is 2.15 bits per heavy atom. The molecule has 0 unspecified atom stereocenters. The molecule has 0 aliphatic carbocycles. The summed E-state index contributed by atoms with van der Waals surface area (Å²) in [6.07, 6.45) is 5.50. The summed E-state index contributed by atoms with van der Waals surface area (Å²) in [4.78, 5) is 40.6. The number of thiol groups is 1. The Morgan fingerprint density at radius 3 is 2.81 bits per heavy atom. The average molecular weight is 403 g/mol. The number of aromatic nitrogens is 4. The van der Waals surface area contributed by atoms with Crippen LogP contribution in [-0.2, 0) is 20.4 Å². The number of aliphatic hydroxyl groups is 1. The highest BCUT2D eigenvalue weighted by Gasteiger charge is 2.46. The Morgan fingerprint density at radius 1 is 1.38 bits per heavy atom. The molecule has 0 radical (unpaired) electrons. The van der Waals surface area contributed by atoms with Crippen LogP contribution in [0.4, 0.5) is 5.82 Å². The molecule has 2 aromatic rings. The number of nitrogens with zero attached hydrogens (tertiary/aromatic N) is 4. The predicted molar refractivity (Wildman–Crippen MR) is 95.4 cm³/mol. The molecule has 0 amide bonds. The number of fused-ring (bicyclic) bond motifs is 1. The first-order valence-electron chi connectivity index (χ1n) is 7.39. The number of anilines is 1. The molecule has 0 bridgehead atoms. The van der Waals surface area contributed by atoms with Crippen LogP contribution in [0.1, 0.15) is 6.23 Å². The van der Waals surface area contributed by atoms with Crippen LogP contribution in [0.3, 0.4) is 0 Å². The van der Waals surface area contributed by atoms with Crippen LogP contribution < -0.4 is 5.73 Å². The maximum absolute atomic E-state index is 9.62. The third kappa shape index (κ3) is 3.75. The number of rotatable bonds is 5. The number of nitrogen functional groups attached to an aromatic ring is 1. The Hall–Kier alpha value is -1.55. The molecular weight excluding hydrogens is 385 g/mol. The minimum absolute atomic E-state index is 0.0772. The van der Waals surface area contributed by atoms with Crippen molar-refractivity contribution in [2.45, 2.75) is 23.7 Å². The fraction of sp³-hybridized carbons (Fsp3) is 0.462. The van der Waals surface area contributed by atoms with Gasteiger partial charge in [0.1, 0.15) is 24.6 Å². The molecule has 142 valence electrons. The number of hydrogen-bond acceptors (Lipinski definition) is 7. The number of terminal acetylenes is 1. The van der Waals surface area contributed by atoms with Gasteiger partial charge in [0.2, 0.25) is 0 Å². The summed E-state index contributed by atoms with van der Waals surface area (Å²) >= 11 is 0. The van der Waals surface area contributed by atoms with Gasteiger partial charge in [0, 0.05) is 0 Å². The minimum atomic E-state index is -4.17. The molecule has 0 saturated carbocycles. The number of aliphatic hydroxyl groups excluding tert-OH is 1. The van der Waals surface area contributed by atoms with Crippen LogP contribution in [-0.4, -0.2) is 70.0 Å². The van der Waals surface area contributed by atoms with Gasteiger partial charge >= 0.3 is 0 Å². The van der Waals surface area contributed by atoms with Crippen molar-refractivity contribution in [3.8, 4) is 12.3 Å². The van der Waals surface area contributed by atoms with Crippen LogP contribution in [0, 0.1) is 12.3 Å². The van der Waals surface area contributed by atoms with E-state index < -0.39 is 37.0 Å². The van der Waals surface area contributed by atoms with E-state index in [1.54, 1.807) is 4.57 Å². The molecule has 4 atom stereocenters. The molecule has 2 aromatic heterocycles. The van der Waals surface area contributed by atoms with E-state index in [2.05, 4.69) is 20.9 Å². The van der Waals surface area contributed by atoms with E-state index >= 15 is 0 Å². The zero-order valence-corrected chi connectivity index (χ0v) is 15.1. The van der Waals surface area contributed by atoms with Crippen LogP contribution in [0.2, 0.25) is 0 Å². The smallest absolute Gasteiger partial charge is 0.274 e. The zero-order valence-electron chi connectivity index (χ0n) is 13.3. The van der Waals surface area contributed by atoms with Crippen molar-refractivity contribution >= 4 is 34.6 Å². The largest absolute Gasteiger partial charge is 0.394 e. The molecular formula is C13H18N5O6PS. The molecule has 0 spiro atoms. The quantitative estimate of drug-likeness (QED) is 0.189. The maximum Gasteiger partial charge on any atom is 0.274 e. The predicted octanol–water partition coefficient (Wildman–Crippen LogP) is -1.85. The van der Waals surface area contributed by atoms with Crippen molar-refractivity contribution in [2.24, 2.45) is 0 Å². The van der Waals surface area contributed by atoms with Gasteiger partial charge < -0.3 is 35.0 Å². The summed E-state index contributed by atoms with van der Waals surface area (Å²) < 4.78 is 13.0. The summed E-state index contributed by atoms with van der Waals surface area (Å²) in [5.74, 6) is 2.52. The summed E-state index contributed by atoms with van der Waals surface area (Å²) in [6.45, 7) is -4.67. The second kappa shape index (κ2) is 7.59. The lowest BCUT2D eigenvalue weighted by Gasteiger charge is -2.23.